The Hall–Kier alpha value is -1.39. The maximum atomic E-state index is 11.2. The van der Waals surface area contributed by atoms with Crippen molar-refractivity contribution in [2.45, 2.75) is 13.8 Å². The minimum absolute atomic E-state index is 0.259. The molecule has 80 valence electrons. The molecule has 0 aliphatic heterocycles. The van der Waals surface area contributed by atoms with Gasteiger partial charge in [-0.25, -0.2) is 0 Å². The van der Waals surface area contributed by atoms with E-state index in [1.54, 1.807) is 0 Å². The van der Waals surface area contributed by atoms with Gasteiger partial charge >= 0.3 is 11.9 Å². The molecule has 0 aliphatic rings. The molecule has 14 heavy (non-hydrogen) atoms. The summed E-state index contributed by atoms with van der Waals surface area (Å²) in [6, 6.07) is 0. The standard InChI is InChI=1S/C9H14O5/c1-5(6(2)10)7(8(11)13-3)9(12)14-4/h5,7H,1-4H3/t5-/m1/s1. The lowest BCUT2D eigenvalue weighted by molar-refractivity contribution is -0.163. The van der Waals surface area contributed by atoms with E-state index in [0.29, 0.717) is 0 Å². The summed E-state index contributed by atoms with van der Waals surface area (Å²) in [6.45, 7) is 2.80. The molecule has 0 rings (SSSR count). The Morgan fingerprint density at radius 2 is 1.36 bits per heavy atom. The van der Waals surface area contributed by atoms with Crippen molar-refractivity contribution in [3.8, 4) is 0 Å². The maximum absolute atomic E-state index is 11.2. The molecular weight excluding hydrogens is 188 g/mol. The molecule has 0 bridgehead atoms. The van der Waals surface area contributed by atoms with E-state index in [1.165, 1.54) is 13.8 Å². The van der Waals surface area contributed by atoms with E-state index in [9.17, 15) is 14.4 Å². The molecule has 5 heteroatoms. The molecule has 0 saturated heterocycles. The van der Waals surface area contributed by atoms with Crippen LogP contribution >= 0.6 is 0 Å². The first kappa shape index (κ1) is 12.6. The van der Waals surface area contributed by atoms with Crippen LogP contribution in [0.1, 0.15) is 13.8 Å². The normalized spacial score (nSPS) is 12.1. The summed E-state index contributed by atoms with van der Waals surface area (Å²) in [4.78, 5) is 33.4. The molecule has 5 nitrogen and oxygen atoms in total. The van der Waals surface area contributed by atoms with E-state index in [0.717, 1.165) is 14.2 Å². The fourth-order valence-corrected chi connectivity index (χ4v) is 0.993. The molecule has 1 atom stereocenters. The van der Waals surface area contributed by atoms with Gasteiger partial charge in [0.1, 0.15) is 5.78 Å². The fourth-order valence-electron chi connectivity index (χ4n) is 0.993. The van der Waals surface area contributed by atoms with Crippen LogP contribution in [0.4, 0.5) is 0 Å². The Labute approximate surface area is 82.4 Å². The smallest absolute Gasteiger partial charge is 0.320 e. The zero-order chi connectivity index (χ0) is 11.3. The quantitative estimate of drug-likeness (QED) is 0.480. The largest absolute Gasteiger partial charge is 0.468 e. The second-order valence-corrected chi connectivity index (χ2v) is 2.92. The lowest BCUT2D eigenvalue weighted by atomic mass is 9.91. The van der Waals surface area contributed by atoms with E-state index in [4.69, 9.17) is 0 Å². The molecule has 0 radical (unpaired) electrons. The third-order valence-electron chi connectivity index (χ3n) is 2.05. The van der Waals surface area contributed by atoms with Gasteiger partial charge in [0.05, 0.1) is 14.2 Å². The Morgan fingerprint density at radius 1 is 1.00 bits per heavy atom. The van der Waals surface area contributed by atoms with Gasteiger partial charge in [0, 0.05) is 5.92 Å². The number of hydrogen-bond donors (Lipinski definition) is 0. The zero-order valence-electron chi connectivity index (χ0n) is 8.70. The number of hydrogen-bond acceptors (Lipinski definition) is 5. The first-order valence-electron chi connectivity index (χ1n) is 4.11. The van der Waals surface area contributed by atoms with Gasteiger partial charge < -0.3 is 9.47 Å². The highest BCUT2D eigenvalue weighted by Gasteiger charge is 2.36. The van der Waals surface area contributed by atoms with Gasteiger partial charge in [0.15, 0.2) is 5.92 Å². The number of esters is 2. The second kappa shape index (κ2) is 5.36. The Kier molecular flexibility index (Phi) is 4.83. The highest BCUT2D eigenvalue weighted by molar-refractivity contribution is 5.99. The predicted molar refractivity (Wildman–Crippen MR) is 47.4 cm³/mol. The lowest BCUT2D eigenvalue weighted by Crippen LogP contribution is -2.35. The molecule has 0 unspecified atom stereocenters. The zero-order valence-corrected chi connectivity index (χ0v) is 8.70. The predicted octanol–water partition coefficient (Wildman–Crippen LogP) is 0.174. The summed E-state index contributed by atoms with van der Waals surface area (Å²) >= 11 is 0. The average molecular weight is 202 g/mol. The number of Topliss-reactive ketones (excluding diaryl/α,β-unsaturated/α-hetero) is 1. The van der Waals surface area contributed by atoms with Crippen molar-refractivity contribution in [3.05, 3.63) is 0 Å². The number of rotatable bonds is 4. The van der Waals surface area contributed by atoms with Gasteiger partial charge in [-0.05, 0) is 6.92 Å². The van der Waals surface area contributed by atoms with Crippen LogP contribution in [0.3, 0.4) is 0 Å². The SMILES string of the molecule is COC(=O)C(C(=O)OC)[C@H](C)C(C)=O. The van der Waals surface area contributed by atoms with Crippen molar-refractivity contribution in [3.63, 3.8) is 0 Å². The van der Waals surface area contributed by atoms with Crippen molar-refractivity contribution in [2.24, 2.45) is 11.8 Å². The van der Waals surface area contributed by atoms with Gasteiger partial charge in [-0.15, -0.1) is 0 Å². The number of carbonyl (C=O) groups is 3. The summed E-state index contributed by atoms with van der Waals surface area (Å²) in [5.41, 5.74) is 0. The molecule has 0 saturated carbocycles. The molecule has 0 aromatic rings. The van der Waals surface area contributed by atoms with Crippen LogP contribution in [0, 0.1) is 11.8 Å². The molecule has 0 aromatic carbocycles. The Balaban J connectivity index is 4.80. The topological polar surface area (TPSA) is 69.7 Å². The van der Waals surface area contributed by atoms with Crippen LogP contribution in [0.25, 0.3) is 0 Å². The first-order chi connectivity index (χ1) is 6.45. The number of carbonyl (C=O) groups excluding carboxylic acids is 3. The van der Waals surface area contributed by atoms with E-state index >= 15 is 0 Å². The Morgan fingerprint density at radius 3 is 1.57 bits per heavy atom. The number of ketones is 1. The van der Waals surface area contributed by atoms with Crippen LogP contribution < -0.4 is 0 Å². The minimum atomic E-state index is -1.16. The average Bonchev–Trinajstić information content (AvgIpc) is 2.16. The fraction of sp³-hybridized carbons (Fsp3) is 0.667. The molecule has 0 N–H and O–H groups in total. The number of ether oxygens (including phenoxy) is 2. The van der Waals surface area contributed by atoms with Crippen LogP contribution in [0.5, 0.6) is 0 Å². The van der Waals surface area contributed by atoms with Gasteiger partial charge in [-0.2, -0.15) is 0 Å². The van der Waals surface area contributed by atoms with Crippen molar-refractivity contribution in [1.29, 1.82) is 0 Å². The summed E-state index contributed by atoms with van der Waals surface area (Å²) in [5, 5.41) is 0. The Bertz CT molecular complexity index is 230. The van der Waals surface area contributed by atoms with Crippen LogP contribution in [0.15, 0.2) is 0 Å². The molecule has 0 spiro atoms. The van der Waals surface area contributed by atoms with Crippen LogP contribution in [-0.2, 0) is 23.9 Å². The van der Waals surface area contributed by atoms with Crippen LogP contribution in [-0.4, -0.2) is 31.9 Å². The molecule has 0 aromatic heterocycles. The third-order valence-corrected chi connectivity index (χ3v) is 2.05. The van der Waals surface area contributed by atoms with E-state index in [1.807, 2.05) is 0 Å². The van der Waals surface area contributed by atoms with Crippen molar-refractivity contribution < 1.29 is 23.9 Å². The molecular formula is C9H14O5. The summed E-state index contributed by atoms with van der Waals surface area (Å²) in [7, 11) is 2.32. The van der Waals surface area contributed by atoms with Gasteiger partial charge in [-0.1, -0.05) is 6.92 Å². The third kappa shape index (κ3) is 2.83. The highest BCUT2D eigenvalue weighted by Crippen LogP contribution is 2.16. The highest BCUT2D eigenvalue weighted by atomic mass is 16.5. The molecule has 0 amide bonds. The van der Waals surface area contributed by atoms with Crippen molar-refractivity contribution >= 4 is 17.7 Å². The van der Waals surface area contributed by atoms with Gasteiger partial charge in [0.25, 0.3) is 0 Å². The summed E-state index contributed by atoms with van der Waals surface area (Å²) in [5.74, 6) is -3.65. The molecule has 0 aliphatic carbocycles. The first-order valence-corrected chi connectivity index (χ1v) is 4.11. The van der Waals surface area contributed by atoms with E-state index in [2.05, 4.69) is 9.47 Å². The van der Waals surface area contributed by atoms with Crippen molar-refractivity contribution in [1.82, 2.24) is 0 Å². The molecule has 0 heterocycles. The number of methoxy groups -OCH3 is 2. The van der Waals surface area contributed by atoms with Gasteiger partial charge in [0.2, 0.25) is 0 Å². The summed E-state index contributed by atoms with van der Waals surface area (Å²) in [6.07, 6.45) is 0. The van der Waals surface area contributed by atoms with E-state index in [-0.39, 0.29) is 5.78 Å². The second-order valence-electron chi connectivity index (χ2n) is 2.92. The summed E-state index contributed by atoms with van der Waals surface area (Å²) < 4.78 is 8.83. The minimum Gasteiger partial charge on any atom is -0.468 e. The maximum Gasteiger partial charge on any atom is 0.320 e. The van der Waals surface area contributed by atoms with E-state index < -0.39 is 23.8 Å². The molecule has 0 fully saturated rings. The van der Waals surface area contributed by atoms with Crippen molar-refractivity contribution in [2.75, 3.05) is 14.2 Å². The lowest BCUT2D eigenvalue weighted by Gasteiger charge is -2.16. The van der Waals surface area contributed by atoms with Gasteiger partial charge in [-0.3, -0.25) is 14.4 Å². The monoisotopic (exact) mass is 202 g/mol. The van der Waals surface area contributed by atoms with Crippen LogP contribution in [0.2, 0.25) is 0 Å².